The van der Waals surface area contributed by atoms with Crippen molar-refractivity contribution in [1.29, 1.82) is 0 Å². The van der Waals surface area contributed by atoms with Crippen LogP contribution in [0.15, 0.2) is 0 Å². The van der Waals surface area contributed by atoms with Gasteiger partial charge in [0, 0.05) is 6.42 Å². The molecular weight excluding hydrogens is 318 g/mol. The summed E-state index contributed by atoms with van der Waals surface area (Å²) in [5.41, 5.74) is -1.74. The molecule has 0 aromatic rings. The molecule has 0 N–H and O–H groups in total. The first-order chi connectivity index (χ1) is 10.8. The molecule has 0 radical (unpaired) electrons. The van der Waals surface area contributed by atoms with Gasteiger partial charge < -0.3 is 19.0 Å². The maximum Gasteiger partial charge on any atom is 0.420 e. The number of hydrogen-bond donors (Lipinski definition) is 0. The van der Waals surface area contributed by atoms with Crippen LogP contribution in [0, 0.1) is 0 Å². The summed E-state index contributed by atoms with van der Waals surface area (Å²) < 4.78 is 14.8. The number of methoxy groups -OCH3 is 1. The van der Waals surface area contributed by atoms with Crippen LogP contribution < -0.4 is 0 Å². The summed E-state index contributed by atoms with van der Waals surface area (Å²) in [7, 11) is 1.21. The van der Waals surface area contributed by atoms with Crippen LogP contribution in [0.4, 0.5) is 9.59 Å². The van der Waals surface area contributed by atoms with Crippen molar-refractivity contribution < 1.29 is 33.4 Å². The van der Waals surface area contributed by atoms with Gasteiger partial charge in [0.05, 0.1) is 7.11 Å². The number of carbonyl (C=O) groups is 4. The molecule has 0 heterocycles. The van der Waals surface area contributed by atoms with E-state index in [2.05, 4.69) is 4.74 Å². The molecule has 8 heteroatoms. The Morgan fingerprint density at radius 1 is 0.958 bits per heavy atom. The van der Waals surface area contributed by atoms with Gasteiger partial charge in [0.25, 0.3) is 0 Å². The molecule has 1 atom stereocenters. The number of rotatable bonds is 5. The number of aldehydes is 1. The first kappa shape index (κ1) is 21.9. The largest absolute Gasteiger partial charge is 0.469 e. The molecule has 0 bridgehead atoms. The summed E-state index contributed by atoms with van der Waals surface area (Å²) in [4.78, 5) is 47.9. The molecule has 0 saturated carbocycles. The fourth-order valence-electron chi connectivity index (χ4n) is 1.59. The normalized spacial score (nSPS) is 12.8. The molecule has 0 aliphatic carbocycles. The molecule has 0 aromatic carbocycles. The van der Waals surface area contributed by atoms with E-state index in [1.165, 1.54) is 7.11 Å². The van der Waals surface area contributed by atoms with Gasteiger partial charge in [-0.15, -0.1) is 0 Å². The highest BCUT2D eigenvalue weighted by Crippen LogP contribution is 2.18. The molecule has 0 rings (SSSR count). The number of amides is 2. The molecule has 0 saturated heterocycles. The van der Waals surface area contributed by atoms with Gasteiger partial charge in [-0.25, -0.2) is 14.5 Å². The topological polar surface area (TPSA) is 99.2 Å². The van der Waals surface area contributed by atoms with Crippen molar-refractivity contribution in [3.05, 3.63) is 0 Å². The fraction of sp³-hybridized carbons (Fsp3) is 0.750. The highest BCUT2D eigenvalue weighted by molar-refractivity contribution is 5.91. The van der Waals surface area contributed by atoms with Gasteiger partial charge in [0.15, 0.2) is 0 Å². The molecule has 0 unspecified atom stereocenters. The van der Waals surface area contributed by atoms with Gasteiger partial charge in [0.2, 0.25) is 0 Å². The van der Waals surface area contributed by atoms with Crippen LogP contribution in [-0.2, 0) is 23.8 Å². The summed E-state index contributed by atoms with van der Waals surface area (Å²) in [5, 5.41) is 0. The summed E-state index contributed by atoms with van der Waals surface area (Å²) >= 11 is 0. The fourth-order valence-corrected chi connectivity index (χ4v) is 1.59. The standard InChI is InChI=1S/C16H27NO7/c1-15(2,3)23-13(20)17(14(21)24-16(4,5)6)11(10-18)8-9-12(19)22-7/h10-11H,8-9H2,1-7H3/t11-/m0/s1. The molecule has 0 aliphatic heterocycles. The van der Waals surface area contributed by atoms with Gasteiger partial charge in [0.1, 0.15) is 23.5 Å². The van der Waals surface area contributed by atoms with E-state index >= 15 is 0 Å². The van der Waals surface area contributed by atoms with E-state index in [0.29, 0.717) is 11.2 Å². The Balaban J connectivity index is 5.41. The average Bonchev–Trinajstić information content (AvgIpc) is 2.38. The lowest BCUT2D eigenvalue weighted by atomic mass is 10.1. The van der Waals surface area contributed by atoms with Crippen molar-refractivity contribution in [2.24, 2.45) is 0 Å². The Morgan fingerprint density at radius 2 is 1.38 bits per heavy atom. The predicted octanol–water partition coefficient (Wildman–Crippen LogP) is 2.68. The van der Waals surface area contributed by atoms with Crippen molar-refractivity contribution in [3.63, 3.8) is 0 Å². The van der Waals surface area contributed by atoms with E-state index < -0.39 is 35.4 Å². The van der Waals surface area contributed by atoms with E-state index in [4.69, 9.17) is 9.47 Å². The van der Waals surface area contributed by atoms with E-state index in [0.717, 1.165) is 0 Å². The third kappa shape index (κ3) is 8.50. The first-order valence-corrected chi connectivity index (χ1v) is 7.58. The van der Waals surface area contributed by atoms with Crippen molar-refractivity contribution in [2.45, 2.75) is 71.6 Å². The second-order valence-corrected chi connectivity index (χ2v) is 7.15. The molecule has 24 heavy (non-hydrogen) atoms. The summed E-state index contributed by atoms with van der Waals surface area (Å²) in [6.45, 7) is 9.77. The molecular formula is C16H27NO7. The quantitative estimate of drug-likeness (QED) is 0.429. The van der Waals surface area contributed by atoms with Crippen LogP contribution in [0.2, 0.25) is 0 Å². The predicted molar refractivity (Wildman–Crippen MR) is 85.4 cm³/mol. The summed E-state index contributed by atoms with van der Waals surface area (Å²) in [6.07, 6.45) is -1.86. The monoisotopic (exact) mass is 345 g/mol. The first-order valence-electron chi connectivity index (χ1n) is 7.58. The third-order valence-corrected chi connectivity index (χ3v) is 2.54. The Labute approximate surface area is 142 Å². The minimum absolute atomic E-state index is 0.0886. The average molecular weight is 345 g/mol. The maximum atomic E-state index is 12.3. The summed E-state index contributed by atoms with van der Waals surface area (Å²) in [5.74, 6) is -0.560. The lowest BCUT2D eigenvalue weighted by Gasteiger charge is -2.31. The van der Waals surface area contributed by atoms with Crippen molar-refractivity contribution in [2.75, 3.05) is 7.11 Å². The molecule has 2 amide bonds. The third-order valence-electron chi connectivity index (χ3n) is 2.54. The number of carbonyl (C=O) groups excluding carboxylic acids is 4. The highest BCUT2D eigenvalue weighted by Gasteiger charge is 2.36. The molecule has 8 nitrogen and oxygen atoms in total. The van der Waals surface area contributed by atoms with Crippen molar-refractivity contribution in [3.8, 4) is 0 Å². The Bertz CT molecular complexity index is 446. The minimum Gasteiger partial charge on any atom is -0.469 e. The number of imide groups is 1. The molecule has 0 aliphatic rings. The van der Waals surface area contributed by atoms with Crippen LogP contribution in [0.3, 0.4) is 0 Å². The van der Waals surface area contributed by atoms with Crippen molar-refractivity contribution >= 4 is 24.4 Å². The highest BCUT2D eigenvalue weighted by atomic mass is 16.6. The van der Waals surface area contributed by atoms with E-state index in [-0.39, 0.29) is 12.8 Å². The zero-order chi connectivity index (χ0) is 19.1. The molecule has 138 valence electrons. The smallest absolute Gasteiger partial charge is 0.420 e. The summed E-state index contributed by atoms with van der Waals surface area (Å²) in [6, 6.07) is -1.20. The zero-order valence-electron chi connectivity index (χ0n) is 15.4. The van der Waals surface area contributed by atoms with Crippen LogP contribution in [0.25, 0.3) is 0 Å². The number of hydrogen-bond acceptors (Lipinski definition) is 7. The van der Waals surface area contributed by atoms with Gasteiger partial charge in [-0.05, 0) is 48.0 Å². The van der Waals surface area contributed by atoms with Crippen LogP contribution in [0.5, 0.6) is 0 Å². The van der Waals surface area contributed by atoms with E-state index in [1.807, 2.05) is 0 Å². The number of esters is 1. The van der Waals surface area contributed by atoms with Gasteiger partial charge in [-0.3, -0.25) is 4.79 Å². The van der Waals surface area contributed by atoms with Crippen LogP contribution >= 0.6 is 0 Å². The number of nitrogens with zero attached hydrogens (tertiary/aromatic N) is 1. The molecule has 0 spiro atoms. The second kappa shape index (κ2) is 8.65. The Hall–Kier alpha value is -2.12. The number of ether oxygens (including phenoxy) is 3. The second-order valence-electron chi connectivity index (χ2n) is 7.15. The maximum absolute atomic E-state index is 12.3. The van der Waals surface area contributed by atoms with E-state index in [9.17, 15) is 19.2 Å². The van der Waals surface area contributed by atoms with Crippen LogP contribution in [0.1, 0.15) is 54.4 Å². The van der Waals surface area contributed by atoms with Gasteiger partial charge >= 0.3 is 18.2 Å². The van der Waals surface area contributed by atoms with Crippen LogP contribution in [-0.4, -0.2) is 53.7 Å². The molecule has 0 fully saturated rings. The Morgan fingerprint density at radius 3 is 1.67 bits per heavy atom. The SMILES string of the molecule is COC(=O)CC[C@@H](C=O)N(C(=O)OC(C)(C)C)C(=O)OC(C)(C)C. The lowest BCUT2D eigenvalue weighted by molar-refractivity contribution is -0.141. The minimum atomic E-state index is -1.20. The van der Waals surface area contributed by atoms with Gasteiger partial charge in [-0.2, -0.15) is 0 Å². The lowest BCUT2D eigenvalue weighted by Crippen LogP contribution is -2.49. The Kier molecular flexibility index (Phi) is 7.89. The van der Waals surface area contributed by atoms with Crippen molar-refractivity contribution in [1.82, 2.24) is 4.90 Å². The zero-order valence-corrected chi connectivity index (χ0v) is 15.4. The molecule has 0 aromatic heterocycles. The van der Waals surface area contributed by atoms with Gasteiger partial charge in [-0.1, -0.05) is 0 Å². The van der Waals surface area contributed by atoms with E-state index in [1.54, 1.807) is 41.5 Å².